The molecule has 0 aliphatic rings. The molecule has 0 spiro atoms. The number of amides is 1. The van der Waals surface area contributed by atoms with Gasteiger partial charge in [-0.2, -0.15) is 5.26 Å². The van der Waals surface area contributed by atoms with Gasteiger partial charge in [-0.25, -0.2) is 0 Å². The van der Waals surface area contributed by atoms with E-state index in [1.807, 2.05) is 30.3 Å². The normalized spacial score (nSPS) is 9.96. The number of carbonyl (C=O) groups excluding carboxylic acids is 2. The molecule has 5 nitrogen and oxygen atoms in total. The molecule has 128 valence electrons. The summed E-state index contributed by atoms with van der Waals surface area (Å²) in [5.41, 5.74) is 3.23. The van der Waals surface area contributed by atoms with Crippen LogP contribution in [0.2, 0.25) is 0 Å². The predicted molar refractivity (Wildman–Crippen MR) is 98.8 cm³/mol. The minimum Gasteiger partial charge on any atom is -0.469 e. The summed E-state index contributed by atoms with van der Waals surface area (Å²) in [6.45, 7) is 0. The zero-order valence-electron chi connectivity index (χ0n) is 13.7. The molecule has 2 aromatic rings. The van der Waals surface area contributed by atoms with Crippen molar-refractivity contribution in [2.45, 2.75) is 19.3 Å². The number of nitrogens with zero attached hydrogens (tertiary/aromatic N) is 1. The van der Waals surface area contributed by atoms with E-state index in [2.05, 4.69) is 32.1 Å². The molecular formula is C19H17BrN2O3. The fourth-order valence-electron chi connectivity index (χ4n) is 2.24. The summed E-state index contributed by atoms with van der Waals surface area (Å²) in [7, 11) is 1.33. The quantitative estimate of drug-likeness (QED) is 0.734. The van der Waals surface area contributed by atoms with Crippen LogP contribution in [-0.4, -0.2) is 19.0 Å². The van der Waals surface area contributed by atoms with Gasteiger partial charge < -0.3 is 10.1 Å². The second-order valence-electron chi connectivity index (χ2n) is 5.36. The first-order chi connectivity index (χ1) is 12.0. The maximum Gasteiger partial charge on any atom is 0.305 e. The molecule has 1 amide bonds. The van der Waals surface area contributed by atoms with Crippen molar-refractivity contribution in [1.29, 1.82) is 5.26 Å². The molecule has 0 aliphatic heterocycles. The lowest BCUT2D eigenvalue weighted by Crippen LogP contribution is -2.12. The van der Waals surface area contributed by atoms with Crippen molar-refractivity contribution < 1.29 is 14.3 Å². The van der Waals surface area contributed by atoms with Gasteiger partial charge in [0, 0.05) is 17.3 Å². The Morgan fingerprint density at radius 1 is 1.12 bits per heavy atom. The number of nitriles is 1. The average Bonchev–Trinajstić information content (AvgIpc) is 2.63. The third kappa shape index (κ3) is 5.44. The fourth-order valence-corrected chi connectivity index (χ4v) is 2.72. The lowest BCUT2D eigenvalue weighted by atomic mass is 10.0. The Labute approximate surface area is 154 Å². The summed E-state index contributed by atoms with van der Waals surface area (Å²) in [5, 5.41) is 11.7. The Balaban J connectivity index is 2.00. The number of methoxy groups -OCH3 is 1. The Hall–Kier alpha value is -2.65. The molecule has 0 heterocycles. The number of hydrogen-bond acceptors (Lipinski definition) is 4. The molecule has 0 aromatic heterocycles. The lowest BCUT2D eigenvalue weighted by molar-refractivity contribution is -0.140. The number of hydrogen-bond donors (Lipinski definition) is 1. The van der Waals surface area contributed by atoms with Crippen molar-refractivity contribution in [3.05, 3.63) is 52.5 Å². The number of esters is 1. The molecule has 0 saturated heterocycles. The van der Waals surface area contributed by atoms with E-state index in [4.69, 9.17) is 5.26 Å². The molecule has 0 atom stereocenters. The molecule has 25 heavy (non-hydrogen) atoms. The van der Waals surface area contributed by atoms with Gasteiger partial charge in [0.15, 0.2) is 0 Å². The highest BCUT2D eigenvalue weighted by molar-refractivity contribution is 9.10. The van der Waals surface area contributed by atoms with Gasteiger partial charge in [-0.1, -0.05) is 18.2 Å². The van der Waals surface area contributed by atoms with Crippen LogP contribution >= 0.6 is 15.9 Å². The second-order valence-corrected chi connectivity index (χ2v) is 6.22. The largest absolute Gasteiger partial charge is 0.469 e. The fraction of sp³-hybridized carbons (Fsp3) is 0.211. The predicted octanol–water partition coefficient (Wildman–Crippen LogP) is 4.27. The highest BCUT2D eigenvalue weighted by Gasteiger charge is 2.09. The maximum absolute atomic E-state index is 11.9. The minimum absolute atomic E-state index is 0.157. The molecule has 0 radical (unpaired) electrons. The standard InChI is InChI=1S/C19H17BrN2O3/c1-25-19(24)4-2-3-18(23)22-17-10-9-15(11-16(17)20)14-7-5-13(12-21)6-8-14/h5-11H,2-4H2,1H3,(H,22,23). The topological polar surface area (TPSA) is 79.2 Å². The molecule has 6 heteroatoms. The summed E-state index contributed by atoms with van der Waals surface area (Å²) >= 11 is 3.46. The van der Waals surface area contributed by atoms with Crippen LogP contribution < -0.4 is 5.32 Å². The van der Waals surface area contributed by atoms with Gasteiger partial charge >= 0.3 is 5.97 Å². The summed E-state index contributed by atoms with van der Waals surface area (Å²) in [6.07, 6.45) is 0.918. The average molecular weight is 401 g/mol. The van der Waals surface area contributed by atoms with Crippen molar-refractivity contribution in [2.24, 2.45) is 0 Å². The second kappa shape index (κ2) is 9.00. The van der Waals surface area contributed by atoms with Crippen LogP contribution in [0.5, 0.6) is 0 Å². The monoisotopic (exact) mass is 400 g/mol. The van der Waals surface area contributed by atoms with E-state index in [-0.39, 0.29) is 24.7 Å². The summed E-state index contributed by atoms with van der Waals surface area (Å²) in [5.74, 6) is -0.475. The first-order valence-electron chi connectivity index (χ1n) is 7.70. The number of carbonyl (C=O) groups is 2. The van der Waals surface area contributed by atoms with Crippen LogP contribution in [0.1, 0.15) is 24.8 Å². The molecule has 0 bridgehead atoms. The van der Waals surface area contributed by atoms with Crippen molar-refractivity contribution in [1.82, 2.24) is 0 Å². The smallest absolute Gasteiger partial charge is 0.305 e. The van der Waals surface area contributed by atoms with E-state index < -0.39 is 0 Å². The van der Waals surface area contributed by atoms with Crippen LogP contribution in [0.25, 0.3) is 11.1 Å². The highest BCUT2D eigenvalue weighted by atomic mass is 79.9. The van der Waals surface area contributed by atoms with Gasteiger partial charge in [-0.3, -0.25) is 9.59 Å². The maximum atomic E-state index is 11.9. The summed E-state index contributed by atoms with van der Waals surface area (Å²) in [4.78, 5) is 23.0. The molecule has 2 rings (SSSR count). The van der Waals surface area contributed by atoms with Gasteiger partial charge in [-0.05, 0) is 57.7 Å². The molecule has 0 fully saturated rings. The van der Waals surface area contributed by atoms with Gasteiger partial charge in [0.05, 0.1) is 24.4 Å². The van der Waals surface area contributed by atoms with Crippen LogP contribution in [0.15, 0.2) is 46.9 Å². The SMILES string of the molecule is COC(=O)CCCC(=O)Nc1ccc(-c2ccc(C#N)cc2)cc1Br. The molecule has 0 saturated carbocycles. The first kappa shape index (κ1) is 18.7. The van der Waals surface area contributed by atoms with Crippen molar-refractivity contribution >= 4 is 33.5 Å². The first-order valence-corrected chi connectivity index (χ1v) is 8.49. The Kier molecular flexibility index (Phi) is 6.72. The summed E-state index contributed by atoms with van der Waals surface area (Å²) in [6, 6.07) is 15.0. The van der Waals surface area contributed by atoms with Crippen LogP contribution in [-0.2, 0) is 14.3 Å². The van der Waals surface area contributed by atoms with Crippen molar-refractivity contribution in [3.8, 4) is 17.2 Å². The van der Waals surface area contributed by atoms with Crippen molar-refractivity contribution in [2.75, 3.05) is 12.4 Å². The Morgan fingerprint density at radius 3 is 2.40 bits per heavy atom. The number of nitrogens with one attached hydrogen (secondary N) is 1. The number of anilines is 1. The molecule has 2 aromatic carbocycles. The number of ether oxygens (including phenoxy) is 1. The third-order valence-electron chi connectivity index (χ3n) is 3.60. The van der Waals surface area contributed by atoms with Crippen molar-refractivity contribution in [3.63, 3.8) is 0 Å². The Bertz CT molecular complexity index is 810. The highest BCUT2D eigenvalue weighted by Crippen LogP contribution is 2.29. The van der Waals surface area contributed by atoms with Gasteiger partial charge in [0.2, 0.25) is 5.91 Å². The minimum atomic E-state index is -0.319. The van der Waals surface area contributed by atoms with E-state index in [0.29, 0.717) is 17.7 Å². The van der Waals surface area contributed by atoms with E-state index in [0.717, 1.165) is 15.6 Å². The van der Waals surface area contributed by atoms with Crippen LogP contribution in [0, 0.1) is 11.3 Å². The third-order valence-corrected chi connectivity index (χ3v) is 4.26. The van der Waals surface area contributed by atoms with E-state index in [1.54, 1.807) is 12.1 Å². The summed E-state index contributed by atoms with van der Waals surface area (Å²) < 4.78 is 5.30. The van der Waals surface area contributed by atoms with Gasteiger partial charge in [0.25, 0.3) is 0 Å². The van der Waals surface area contributed by atoms with Gasteiger partial charge in [-0.15, -0.1) is 0 Å². The number of halogens is 1. The van der Waals surface area contributed by atoms with E-state index in [9.17, 15) is 9.59 Å². The zero-order chi connectivity index (χ0) is 18.2. The van der Waals surface area contributed by atoms with Crippen LogP contribution in [0.3, 0.4) is 0 Å². The van der Waals surface area contributed by atoms with E-state index in [1.165, 1.54) is 7.11 Å². The number of benzene rings is 2. The molecule has 0 aliphatic carbocycles. The number of rotatable bonds is 6. The van der Waals surface area contributed by atoms with E-state index >= 15 is 0 Å². The van der Waals surface area contributed by atoms with Gasteiger partial charge in [0.1, 0.15) is 0 Å². The Morgan fingerprint density at radius 2 is 1.80 bits per heavy atom. The molecular weight excluding hydrogens is 384 g/mol. The molecule has 0 unspecified atom stereocenters. The van der Waals surface area contributed by atoms with Crippen LogP contribution in [0.4, 0.5) is 5.69 Å². The zero-order valence-corrected chi connectivity index (χ0v) is 15.3. The molecule has 1 N–H and O–H groups in total. The lowest BCUT2D eigenvalue weighted by Gasteiger charge is -2.10.